The molecule has 0 aliphatic carbocycles. The van der Waals surface area contributed by atoms with Crippen LogP contribution in [0.4, 0.5) is 5.69 Å². The van der Waals surface area contributed by atoms with E-state index in [1.54, 1.807) is 36.4 Å². The number of nitrogen functional groups attached to an aromatic ring is 1. The van der Waals surface area contributed by atoms with Gasteiger partial charge in [0, 0.05) is 17.3 Å². The number of para-hydroxylation sites is 1. The molecule has 0 aliphatic heterocycles. The summed E-state index contributed by atoms with van der Waals surface area (Å²) < 4.78 is 11.2. The molecule has 0 aliphatic rings. The van der Waals surface area contributed by atoms with Gasteiger partial charge in [-0.05, 0) is 30.3 Å². The van der Waals surface area contributed by atoms with Crippen molar-refractivity contribution in [2.24, 2.45) is 0 Å². The molecule has 0 saturated heterocycles. The van der Waals surface area contributed by atoms with Crippen LogP contribution in [0.25, 0.3) is 22.3 Å². The lowest BCUT2D eigenvalue weighted by atomic mass is 10.1. The van der Waals surface area contributed by atoms with Gasteiger partial charge in [0.1, 0.15) is 23.7 Å². The number of ether oxygens (including phenoxy) is 1. The fraction of sp³-hybridized carbons (Fsp3) is 0.0556. The van der Waals surface area contributed by atoms with Gasteiger partial charge in [-0.1, -0.05) is 18.1 Å². The Labute approximate surface area is 127 Å². The van der Waals surface area contributed by atoms with E-state index in [1.807, 2.05) is 6.07 Å². The Morgan fingerprint density at radius 2 is 2.00 bits per heavy atom. The maximum absolute atomic E-state index is 12.2. The third-order valence-electron chi connectivity index (χ3n) is 3.25. The molecular weight excluding hydrogens is 278 g/mol. The first-order chi connectivity index (χ1) is 10.7. The summed E-state index contributed by atoms with van der Waals surface area (Å²) in [7, 11) is 0. The molecule has 22 heavy (non-hydrogen) atoms. The second-order valence-corrected chi connectivity index (χ2v) is 4.71. The Bertz CT molecular complexity index is 935. The average molecular weight is 291 g/mol. The predicted octanol–water partition coefficient (Wildman–Crippen LogP) is 3.05. The van der Waals surface area contributed by atoms with Crippen LogP contribution in [0.2, 0.25) is 0 Å². The van der Waals surface area contributed by atoms with Crippen molar-refractivity contribution in [1.29, 1.82) is 0 Å². The third kappa shape index (κ3) is 2.52. The molecule has 0 saturated carbocycles. The van der Waals surface area contributed by atoms with Gasteiger partial charge in [-0.2, -0.15) is 0 Å². The minimum absolute atomic E-state index is 0.119. The van der Waals surface area contributed by atoms with Crippen molar-refractivity contribution in [3.8, 4) is 29.4 Å². The Kier molecular flexibility index (Phi) is 3.55. The molecule has 0 atom stereocenters. The predicted molar refractivity (Wildman–Crippen MR) is 86.7 cm³/mol. The molecule has 0 amide bonds. The van der Waals surface area contributed by atoms with Crippen LogP contribution in [-0.2, 0) is 0 Å². The highest BCUT2D eigenvalue weighted by molar-refractivity contribution is 5.81. The van der Waals surface area contributed by atoms with E-state index in [9.17, 15) is 4.79 Å². The molecule has 0 fully saturated rings. The van der Waals surface area contributed by atoms with Gasteiger partial charge in [0.05, 0.1) is 5.39 Å². The summed E-state index contributed by atoms with van der Waals surface area (Å²) in [5, 5.41) is 0.532. The summed E-state index contributed by atoms with van der Waals surface area (Å²) in [4.78, 5) is 12.2. The van der Waals surface area contributed by atoms with Gasteiger partial charge in [-0.3, -0.25) is 4.79 Å². The van der Waals surface area contributed by atoms with Gasteiger partial charge >= 0.3 is 0 Å². The van der Waals surface area contributed by atoms with E-state index in [4.69, 9.17) is 21.3 Å². The number of anilines is 1. The Hall–Kier alpha value is -3.19. The van der Waals surface area contributed by atoms with Crippen LogP contribution in [0.5, 0.6) is 5.75 Å². The Morgan fingerprint density at radius 3 is 2.82 bits per heavy atom. The number of fused-ring (bicyclic) bond motifs is 1. The second kappa shape index (κ2) is 5.66. The van der Waals surface area contributed by atoms with E-state index in [1.165, 1.54) is 6.07 Å². The highest BCUT2D eigenvalue weighted by Crippen LogP contribution is 2.30. The van der Waals surface area contributed by atoms with E-state index in [-0.39, 0.29) is 12.0 Å². The molecule has 0 spiro atoms. The van der Waals surface area contributed by atoms with E-state index >= 15 is 0 Å². The molecule has 0 unspecified atom stereocenters. The highest BCUT2D eigenvalue weighted by Gasteiger charge is 2.10. The van der Waals surface area contributed by atoms with Crippen molar-refractivity contribution in [2.75, 3.05) is 12.3 Å². The summed E-state index contributed by atoms with van der Waals surface area (Å²) in [6.07, 6.45) is 5.18. The lowest BCUT2D eigenvalue weighted by Gasteiger charge is -2.09. The summed E-state index contributed by atoms with van der Waals surface area (Å²) in [6, 6.07) is 13.6. The van der Waals surface area contributed by atoms with Crippen LogP contribution >= 0.6 is 0 Å². The molecule has 2 aromatic carbocycles. The topological polar surface area (TPSA) is 65.5 Å². The maximum atomic E-state index is 12.2. The van der Waals surface area contributed by atoms with E-state index in [2.05, 4.69) is 5.92 Å². The second-order valence-electron chi connectivity index (χ2n) is 4.71. The van der Waals surface area contributed by atoms with Crippen molar-refractivity contribution in [1.82, 2.24) is 0 Å². The van der Waals surface area contributed by atoms with Crippen LogP contribution < -0.4 is 15.9 Å². The van der Waals surface area contributed by atoms with Crippen molar-refractivity contribution >= 4 is 16.7 Å². The van der Waals surface area contributed by atoms with Crippen LogP contribution in [-0.4, -0.2) is 6.61 Å². The van der Waals surface area contributed by atoms with Gasteiger partial charge in [-0.25, -0.2) is 0 Å². The minimum atomic E-state index is -0.119. The number of rotatable bonds is 3. The zero-order valence-electron chi connectivity index (χ0n) is 11.7. The molecule has 4 nitrogen and oxygen atoms in total. The van der Waals surface area contributed by atoms with E-state index < -0.39 is 0 Å². The molecule has 108 valence electrons. The van der Waals surface area contributed by atoms with Gasteiger partial charge in [0.15, 0.2) is 5.43 Å². The first kappa shape index (κ1) is 13.8. The molecule has 0 bridgehead atoms. The lowest BCUT2D eigenvalue weighted by Crippen LogP contribution is -2.01. The van der Waals surface area contributed by atoms with Crippen molar-refractivity contribution in [2.45, 2.75) is 0 Å². The fourth-order valence-electron chi connectivity index (χ4n) is 2.20. The lowest BCUT2D eigenvalue weighted by molar-refractivity contribution is 0.370. The Morgan fingerprint density at radius 1 is 1.18 bits per heavy atom. The number of terminal acetylenes is 1. The molecule has 3 rings (SSSR count). The van der Waals surface area contributed by atoms with Crippen LogP contribution in [0, 0.1) is 12.3 Å². The third-order valence-corrected chi connectivity index (χ3v) is 3.25. The standard InChI is InChI=1S/C18H13NO3/c1-2-9-21-12-7-8-15(19)14(10-12)18-11-16(20)13-5-3-4-6-17(13)22-18/h1,3-8,10-11H,9,19H2. The van der Waals surface area contributed by atoms with Crippen molar-refractivity contribution < 1.29 is 9.15 Å². The maximum Gasteiger partial charge on any atom is 0.193 e. The van der Waals surface area contributed by atoms with Gasteiger partial charge < -0.3 is 14.9 Å². The molecule has 1 heterocycles. The number of hydrogen-bond donors (Lipinski definition) is 1. The van der Waals surface area contributed by atoms with Crippen LogP contribution in [0.3, 0.4) is 0 Å². The summed E-state index contributed by atoms with van der Waals surface area (Å²) >= 11 is 0. The largest absolute Gasteiger partial charge is 0.481 e. The average Bonchev–Trinajstić information content (AvgIpc) is 2.54. The summed E-state index contributed by atoms with van der Waals surface area (Å²) in [6.45, 7) is 0.158. The molecule has 4 heteroatoms. The van der Waals surface area contributed by atoms with E-state index in [0.717, 1.165) is 0 Å². The van der Waals surface area contributed by atoms with Crippen molar-refractivity contribution in [3.63, 3.8) is 0 Å². The number of hydrogen-bond acceptors (Lipinski definition) is 4. The van der Waals surface area contributed by atoms with Crippen LogP contribution in [0.15, 0.2) is 57.7 Å². The monoisotopic (exact) mass is 291 g/mol. The Balaban J connectivity index is 2.15. The molecular formula is C18H13NO3. The SMILES string of the molecule is C#CCOc1ccc(N)c(-c2cc(=O)c3ccccc3o2)c1. The first-order valence-electron chi connectivity index (χ1n) is 6.68. The smallest absolute Gasteiger partial charge is 0.193 e. The van der Waals surface area contributed by atoms with Gasteiger partial charge in [-0.15, -0.1) is 6.42 Å². The first-order valence-corrected chi connectivity index (χ1v) is 6.68. The quantitative estimate of drug-likeness (QED) is 0.595. The zero-order chi connectivity index (χ0) is 15.5. The summed E-state index contributed by atoms with van der Waals surface area (Å²) in [5.41, 5.74) is 7.47. The van der Waals surface area contributed by atoms with E-state index in [0.29, 0.717) is 33.7 Å². The molecule has 1 aromatic heterocycles. The molecule has 0 radical (unpaired) electrons. The normalized spacial score (nSPS) is 10.3. The number of benzene rings is 2. The van der Waals surface area contributed by atoms with Gasteiger partial charge in [0.2, 0.25) is 0 Å². The van der Waals surface area contributed by atoms with Crippen LogP contribution in [0.1, 0.15) is 0 Å². The van der Waals surface area contributed by atoms with Gasteiger partial charge in [0.25, 0.3) is 0 Å². The highest BCUT2D eigenvalue weighted by atomic mass is 16.5. The molecule has 2 N–H and O–H groups in total. The zero-order valence-corrected chi connectivity index (χ0v) is 11.7. The summed E-state index contributed by atoms with van der Waals surface area (Å²) in [5.74, 6) is 3.36. The molecule has 3 aromatic rings. The fourth-order valence-corrected chi connectivity index (χ4v) is 2.20. The number of nitrogens with two attached hydrogens (primary N) is 1. The van der Waals surface area contributed by atoms with Crippen molar-refractivity contribution in [3.05, 3.63) is 58.8 Å². The minimum Gasteiger partial charge on any atom is -0.481 e.